The summed E-state index contributed by atoms with van der Waals surface area (Å²) >= 11 is 0. The molecule has 2 fully saturated rings. The van der Waals surface area contributed by atoms with Crippen molar-refractivity contribution in [3.05, 3.63) is 0 Å². The van der Waals surface area contributed by atoms with Crippen LogP contribution in [0.2, 0.25) is 0 Å². The lowest BCUT2D eigenvalue weighted by Gasteiger charge is -2.46. The van der Waals surface area contributed by atoms with Crippen LogP contribution in [0, 0.1) is 5.92 Å². The van der Waals surface area contributed by atoms with Gasteiger partial charge in [0, 0.05) is 18.1 Å². The average molecular weight is 253 g/mol. The highest BCUT2D eigenvalue weighted by Gasteiger charge is 2.43. The van der Waals surface area contributed by atoms with Crippen molar-refractivity contribution in [2.75, 3.05) is 33.7 Å². The fourth-order valence-corrected chi connectivity index (χ4v) is 3.98. The predicted octanol–water partition coefficient (Wildman–Crippen LogP) is 1.92. The molecule has 1 aliphatic heterocycles. The number of hydrogen-bond donors (Lipinski definition) is 1. The molecular weight excluding hydrogens is 222 g/mol. The highest BCUT2D eigenvalue weighted by atomic mass is 15.2. The Balaban J connectivity index is 1.99. The molecule has 0 aromatic carbocycles. The summed E-state index contributed by atoms with van der Waals surface area (Å²) in [5.41, 5.74) is 6.48. The van der Waals surface area contributed by atoms with Crippen LogP contribution in [0.5, 0.6) is 0 Å². The zero-order valence-electron chi connectivity index (χ0n) is 12.5. The van der Waals surface area contributed by atoms with E-state index in [1.165, 1.54) is 51.6 Å². The first-order valence-corrected chi connectivity index (χ1v) is 7.73. The molecule has 0 aromatic rings. The third-order valence-corrected chi connectivity index (χ3v) is 5.63. The van der Waals surface area contributed by atoms with Gasteiger partial charge in [0.05, 0.1) is 0 Å². The Bertz CT molecular complexity index is 260. The van der Waals surface area contributed by atoms with Gasteiger partial charge < -0.3 is 10.6 Å². The Kier molecular flexibility index (Phi) is 4.68. The Morgan fingerprint density at radius 1 is 1.28 bits per heavy atom. The van der Waals surface area contributed by atoms with Crippen LogP contribution in [0.1, 0.15) is 45.4 Å². The van der Waals surface area contributed by atoms with Crippen molar-refractivity contribution in [1.29, 1.82) is 0 Å². The molecule has 1 heterocycles. The summed E-state index contributed by atoms with van der Waals surface area (Å²) in [4.78, 5) is 5.11. The van der Waals surface area contributed by atoms with Crippen LogP contribution in [0.25, 0.3) is 0 Å². The lowest BCUT2D eigenvalue weighted by atomic mass is 9.89. The van der Waals surface area contributed by atoms with Gasteiger partial charge in [-0.1, -0.05) is 13.3 Å². The van der Waals surface area contributed by atoms with E-state index < -0.39 is 0 Å². The van der Waals surface area contributed by atoms with E-state index in [1.807, 2.05) is 0 Å². The number of piperidine rings is 1. The SMILES string of the molecule is CCC1CCC(CN)(N(C)C2CCN(C)CC2)C1. The quantitative estimate of drug-likeness (QED) is 0.831. The molecule has 0 radical (unpaired) electrons. The third-order valence-electron chi connectivity index (χ3n) is 5.63. The Morgan fingerprint density at radius 3 is 2.44 bits per heavy atom. The molecule has 1 saturated carbocycles. The van der Waals surface area contributed by atoms with Crippen molar-refractivity contribution >= 4 is 0 Å². The molecule has 18 heavy (non-hydrogen) atoms. The van der Waals surface area contributed by atoms with Gasteiger partial charge in [0.25, 0.3) is 0 Å². The Hall–Kier alpha value is -0.120. The Labute approximate surface area is 113 Å². The monoisotopic (exact) mass is 253 g/mol. The lowest BCUT2D eigenvalue weighted by Crippen LogP contribution is -2.56. The molecule has 2 rings (SSSR count). The number of rotatable bonds is 4. The summed E-state index contributed by atoms with van der Waals surface area (Å²) in [6, 6.07) is 0.750. The van der Waals surface area contributed by atoms with E-state index in [0.29, 0.717) is 5.54 Å². The summed E-state index contributed by atoms with van der Waals surface area (Å²) in [6.45, 7) is 5.65. The van der Waals surface area contributed by atoms with Gasteiger partial charge in [0.15, 0.2) is 0 Å². The van der Waals surface area contributed by atoms with Crippen LogP contribution in [-0.2, 0) is 0 Å². The maximum Gasteiger partial charge on any atom is 0.0334 e. The van der Waals surface area contributed by atoms with Crippen LogP contribution in [0.3, 0.4) is 0 Å². The second-order valence-electron chi connectivity index (χ2n) is 6.59. The van der Waals surface area contributed by atoms with Gasteiger partial charge in [-0.15, -0.1) is 0 Å². The largest absolute Gasteiger partial charge is 0.329 e. The maximum absolute atomic E-state index is 6.17. The fourth-order valence-electron chi connectivity index (χ4n) is 3.98. The first-order chi connectivity index (χ1) is 8.61. The van der Waals surface area contributed by atoms with Gasteiger partial charge in [-0.2, -0.15) is 0 Å². The highest BCUT2D eigenvalue weighted by molar-refractivity contribution is 5.00. The molecule has 0 amide bonds. The molecule has 3 nitrogen and oxygen atoms in total. The zero-order valence-corrected chi connectivity index (χ0v) is 12.5. The molecule has 1 aliphatic carbocycles. The minimum atomic E-state index is 0.307. The molecular formula is C15H31N3. The molecule has 2 unspecified atom stereocenters. The van der Waals surface area contributed by atoms with E-state index in [0.717, 1.165) is 18.5 Å². The summed E-state index contributed by atoms with van der Waals surface area (Å²) in [5, 5.41) is 0. The van der Waals surface area contributed by atoms with E-state index >= 15 is 0 Å². The van der Waals surface area contributed by atoms with Gasteiger partial charge in [-0.25, -0.2) is 0 Å². The van der Waals surface area contributed by atoms with Gasteiger partial charge in [0.1, 0.15) is 0 Å². The minimum Gasteiger partial charge on any atom is -0.329 e. The van der Waals surface area contributed by atoms with Gasteiger partial charge in [-0.05, 0) is 65.2 Å². The number of likely N-dealkylation sites (tertiary alicyclic amines) is 1. The molecule has 2 aliphatic rings. The van der Waals surface area contributed by atoms with Crippen molar-refractivity contribution in [3.63, 3.8) is 0 Å². The Morgan fingerprint density at radius 2 is 1.94 bits per heavy atom. The fraction of sp³-hybridized carbons (Fsp3) is 1.00. The summed E-state index contributed by atoms with van der Waals surface area (Å²) in [7, 11) is 4.57. The van der Waals surface area contributed by atoms with Crippen LogP contribution >= 0.6 is 0 Å². The number of nitrogens with two attached hydrogens (primary N) is 1. The first-order valence-electron chi connectivity index (χ1n) is 7.73. The van der Waals surface area contributed by atoms with Gasteiger partial charge in [0.2, 0.25) is 0 Å². The molecule has 0 bridgehead atoms. The minimum absolute atomic E-state index is 0.307. The highest BCUT2D eigenvalue weighted by Crippen LogP contribution is 2.41. The average Bonchev–Trinajstić information content (AvgIpc) is 2.84. The molecule has 0 aromatic heterocycles. The van der Waals surface area contributed by atoms with Crippen molar-refractivity contribution in [1.82, 2.24) is 9.80 Å². The zero-order chi connectivity index (χ0) is 13.2. The molecule has 2 atom stereocenters. The van der Waals surface area contributed by atoms with Gasteiger partial charge in [-0.3, -0.25) is 4.90 Å². The number of nitrogens with zero attached hydrogens (tertiary/aromatic N) is 2. The van der Waals surface area contributed by atoms with Crippen molar-refractivity contribution in [3.8, 4) is 0 Å². The topological polar surface area (TPSA) is 32.5 Å². The van der Waals surface area contributed by atoms with E-state index in [4.69, 9.17) is 5.73 Å². The van der Waals surface area contributed by atoms with Crippen molar-refractivity contribution in [2.45, 2.75) is 57.0 Å². The van der Waals surface area contributed by atoms with E-state index in [1.54, 1.807) is 0 Å². The first kappa shape index (κ1) is 14.3. The second kappa shape index (κ2) is 5.89. The lowest BCUT2D eigenvalue weighted by molar-refractivity contribution is 0.0444. The van der Waals surface area contributed by atoms with Crippen molar-refractivity contribution < 1.29 is 0 Å². The molecule has 0 spiro atoms. The summed E-state index contributed by atoms with van der Waals surface area (Å²) in [5.74, 6) is 0.905. The third kappa shape index (κ3) is 2.73. The molecule has 2 N–H and O–H groups in total. The van der Waals surface area contributed by atoms with E-state index in [9.17, 15) is 0 Å². The normalized spacial score (nSPS) is 35.5. The molecule has 1 saturated heterocycles. The number of hydrogen-bond acceptors (Lipinski definition) is 3. The van der Waals surface area contributed by atoms with Crippen LogP contribution in [0.15, 0.2) is 0 Å². The standard InChI is InChI=1S/C15H31N3/c1-4-13-5-8-15(11-13,12-16)18(3)14-6-9-17(2)10-7-14/h13-14H,4-12,16H2,1-3H3. The summed E-state index contributed by atoms with van der Waals surface area (Å²) in [6.07, 6.45) is 7.96. The maximum atomic E-state index is 6.17. The summed E-state index contributed by atoms with van der Waals surface area (Å²) < 4.78 is 0. The van der Waals surface area contributed by atoms with Gasteiger partial charge >= 0.3 is 0 Å². The smallest absolute Gasteiger partial charge is 0.0334 e. The second-order valence-corrected chi connectivity index (χ2v) is 6.59. The van der Waals surface area contributed by atoms with Crippen molar-refractivity contribution in [2.24, 2.45) is 11.7 Å². The van der Waals surface area contributed by atoms with E-state index in [2.05, 4.69) is 30.8 Å². The molecule has 106 valence electrons. The molecule has 3 heteroatoms. The van der Waals surface area contributed by atoms with Crippen LogP contribution in [-0.4, -0.2) is 55.1 Å². The predicted molar refractivity (Wildman–Crippen MR) is 77.7 cm³/mol. The van der Waals surface area contributed by atoms with E-state index in [-0.39, 0.29) is 0 Å². The number of likely N-dealkylation sites (N-methyl/N-ethyl adjacent to an activating group) is 1. The van der Waals surface area contributed by atoms with Crippen LogP contribution in [0.4, 0.5) is 0 Å². The van der Waals surface area contributed by atoms with Crippen LogP contribution < -0.4 is 5.73 Å².